The van der Waals surface area contributed by atoms with Gasteiger partial charge in [-0.15, -0.1) is 0 Å². The van der Waals surface area contributed by atoms with Gasteiger partial charge in [0.1, 0.15) is 18.3 Å². The number of aryl methyl sites for hydroxylation is 2. The first-order chi connectivity index (χ1) is 20.6. The van der Waals surface area contributed by atoms with Crippen LogP contribution >= 0.6 is 0 Å². The van der Waals surface area contributed by atoms with Gasteiger partial charge in [-0.3, -0.25) is 13.9 Å². The quantitative estimate of drug-likeness (QED) is 0.283. The van der Waals surface area contributed by atoms with E-state index in [9.17, 15) is 18.0 Å². The molecule has 0 aromatic heterocycles. The van der Waals surface area contributed by atoms with E-state index in [4.69, 9.17) is 4.74 Å². The summed E-state index contributed by atoms with van der Waals surface area (Å²) in [4.78, 5) is 29.6. The molecule has 1 fully saturated rings. The van der Waals surface area contributed by atoms with Gasteiger partial charge in [0.2, 0.25) is 11.8 Å². The van der Waals surface area contributed by atoms with Crippen molar-refractivity contribution in [2.24, 2.45) is 0 Å². The molecular weight excluding hydrogens is 562 g/mol. The number of anilines is 1. The third-order valence-electron chi connectivity index (χ3n) is 8.03. The van der Waals surface area contributed by atoms with Crippen LogP contribution in [0.25, 0.3) is 0 Å². The zero-order valence-electron chi connectivity index (χ0n) is 25.6. The molecule has 4 rings (SSSR count). The molecule has 43 heavy (non-hydrogen) atoms. The van der Waals surface area contributed by atoms with Crippen molar-refractivity contribution in [2.45, 2.75) is 82.8 Å². The number of hydrogen-bond donors (Lipinski definition) is 1. The standard InChI is InChI=1S/C34H43N3O5S/c1-5-32(34(39)35-28-11-7-6-8-12-28)36(23-27-16-18-30(42-4)19-17-27)33(38)24-37(29-13-9-10-26(3)22-29)43(40,41)31-20-14-25(2)15-21-31/h9-10,13-22,28,32H,5-8,11-12,23-24H2,1-4H3,(H,35,39). The van der Waals surface area contributed by atoms with Crippen molar-refractivity contribution >= 4 is 27.5 Å². The Hall–Kier alpha value is -3.85. The van der Waals surface area contributed by atoms with E-state index in [0.717, 1.165) is 53.1 Å². The number of hydrogen-bond acceptors (Lipinski definition) is 5. The van der Waals surface area contributed by atoms with Crippen LogP contribution in [0.5, 0.6) is 5.75 Å². The molecule has 9 heteroatoms. The van der Waals surface area contributed by atoms with E-state index >= 15 is 0 Å². The lowest BCUT2D eigenvalue weighted by molar-refractivity contribution is -0.140. The number of sulfonamides is 1. The minimum atomic E-state index is -4.10. The molecule has 1 atom stereocenters. The molecule has 3 aromatic carbocycles. The Morgan fingerprint density at radius 2 is 1.60 bits per heavy atom. The zero-order valence-corrected chi connectivity index (χ0v) is 26.4. The maximum Gasteiger partial charge on any atom is 0.264 e. The summed E-state index contributed by atoms with van der Waals surface area (Å²) >= 11 is 0. The molecule has 0 aliphatic heterocycles. The first kappa shape index (κ1) is 32.1. The summed E-state index contributed by atoms with van der Waals surface area (Å²) in [6.45, 7) is 5.33. The number of benzene rings is 3. The normalized spacial score (nSPS) is 14.5. The molecule has 8 nitrogen and oxygen atoms in total. The van der Waals surface area contributed by atoms with Gasteiger partial charge in [-0.2, -0.15) is 0 Å². The third-order valence-corrected chi connectivity index (χ3v) is 9.82. The minimum Gasteiger partial charge on any atom is -0.497 e. The maximum atomic E-state index is 14.3. The van der Waals surface area contributed by atoms with Crippen molar-refractivity contribution < 1.29 is 22.7 Å². The van der Waals surface area contributed by atoms with Crippen molar-refractivity contribution in [3.8, 4) is 5.75 Å². The summed E-state index contributed by atoms with van der Waals surface area (Å²) in [6.07, 6.45) is 5.53. The van der Waals surface area contributed by atoms with E-state index < -0.39 is 28.5 Å². The number of ether oxygens (including phenoxy) is 1. The summed E-state index contributed by atoms with van der Waals surface area (Å²) in [6, 6.07) is 20.3. The minimum absolute atomic E-state index is 0.0824. The van der Waals surface area contributed by atoms with Crippen LogP contribution in [0.2, 0.25) is 0 Å². The van der Waals surface area contributed by atoms with Gasteiger partial charge in [0.05, 0.1) is 17.7 Å². The molecule has 0 radical (unpaired) electrons. The lowest BCUT2D eigenvalue weighted by Gasteiger charge is -2.34. The van der Waals surface area contributed by atoms with Gasteiger partial charge in [0, 0.05) is 12.6 Å². The molecule has 1 unspecified atom stereocenters. The van der Waals surface area contributed by atoms with E-state index in [0.29, 0.717) is 17.9 Å². The molecule has 1 saturated carbocycles. The highest BCUT2D eigenvalue weighted by Gasteiger charge is 2.34. The average Bonchev–Trinajstić information content (AvgIpc) is 3.00. The molecule has 0 saturated heterocycles. The van der Waals surface area contributed by atoms with Gasteiger partial charge in [0.25, 0.3) is 10.0 Å². The zero-order chi connectivity index (χ0) is 31.0. The van der Waals surface area contributed by atoms with Crippen LogP contribution in [0.4, 0.5) is 5.69 Å². The number of nitrogens with one attached hydrogen (secondary N) is 1. The van der Waals surface area contributed by atoms with Crippen LogP contribution < -0.4 is 14.4 Å². The monoisotopic (exact) mass is 605 g/mol. The van der Waals surface area contributed by atoms with Crippen molar-refractivity contribution in [1.82, 2.24) is 10.2 Å². The van der Waals surface area contributed by atoms with Crippen LogP contribution in [0.1, 0.15) is 62.1 Å². The molecule has 2 amide bonds. The maximum absolute atomic E-state index is 14.3. The lowest BCUT2D eigenvalue weighted by atomic mass is 9.95. The largest absolute Gasteiger partial charge is 0.497 e. The molecule has 230 valence electrons. The van der Waals surface area contributed by atoms with Crippen LogP contribution in [0.15, 0.2) is 77.7 Å². The van der Waals surface area contributed by atoms with Crippen LogP contribution in [0, 0.1) is 13.8 Å². The fraction of sp³-hybridized carbons (Fsp3) is 0.412. The second-order valence-corrected chi connectivity index (χ2v) is 13.2. The smallest absolute Gasteiger partial charge is 0.264 e. The molecular formula is C34H43N3O5S. The Morgan fingerprint density at radius 3 is 2.21 bits per heavy atom. The highest BCUT2D eigenvalue weighted by molar-refractivity contribution is 7.92. The van der Waals surface area contributed by atoms with E-state index in [-0.39, 0.29) is 23.4 Å². The molecule has 1 N–H and O–H groups in total. The Morgan fingerprint density at radius 1 is 0.930 bits per heavy atom. The van der Waals surface area contributed by atoms with E-state index in [1.54, 1.807) is 49.6 Å². The first-order valence-corrected chi connectivity index (χ1v) is 16.4. The Labute approximate surface area is 256 Å². The number of methoxy groups -OCH3 is 1. The van der Waals surface area contributed by atoms with Crippen LogP contribution in [-0.4, -0.2) is 50.9 Å². The highest BCUT2D eigenvalue weighted by atomic mass is 32.2. The molecule has 1 aliphatic carbocycles. The summed E-state index contributed by atoms with van der Waals surface area (Å²) in [7, 11) is -2.52. The first-order valence-electron chi connectivity index (χ1n) is 15.0. The van der Waals surface area contributed by atoms with Gasteiger partial charge in [-0.05, 0) is 80.6 Å². The van der Waals surface area contributed by atoms with Gasteiger partial charge in [0.15, 0.2) is 0 Å². The highest BCUT2D eigenvalue weighted by Crippen LogP contribution is 2.26. The Bertz CT molecular complexity index is 1480. The Kier molecular flexibility index (Phi) is 10.9. The molecule has 0 heterocycles. The fourth-order valence-electron chi connectivity index (χ4n) is 5.54. The van der Waals surface area contributed by atoms with Crippen molar-refractivity contribution in [1.29, 1.82) is 0 Å². The molecule has 3 aromatic rings. The second-order valence-electron chi connectivity index (χ2n) is 11.3. The predicted octanol–water partition coefficient (Wildman–Crippen LogP) is 5.76. The third kappa shape index (κ3) is 8.16. The average molecular weight is 606 g/mol. The summed E-state index contributed by atoms with van der Waals surface area (Å²) < 4.78 is 34.5. The van der Waals surface area contributed by atoms with E-state index in [1.807, 2.05) is 51.1 Å². The second kappa shape index (κ2) is 14.6. The molecule has 1 aliphatic rings. The van der Waals surface area contributed by atoms with Crippen LogP contribution in [-0.2, 0) is 26.2 Å². The topological polar surface area (TPSA) is 96.0 Å². The molecule has 0 spiro atoms. The number of rotatable bonds is 12. The fourth-order valence-corrected chi connectivity index (χ4v) is 6.95. The van der Waals surface area contributed by atoms with Crippen molar-refractivity contribution in [3.05, 3.63) is 89.5 Å². The summed E-state index contributed by atoms with van der Waals surface area (Å²) in [5.41, 5.74) is 2.99. The van der Waals surface area contributed by atoms with E-state index in [2.05, 4.69) is 5.32 Å². The number of carbonyl (C=O) groups is 2. The van der Waals surface area contributed by atoms with Gasteiger partial charge in [-0.1, -0.05) is 68.1 Å². The Balaban J connectivity index is 1.70. The van der Waals surface area contributed by atoms with Gasteiger partial charge >= 0.3 is 0 Å². The van der Waals surface area contributed by atoms with E-state index in [1.165, 1.54) is 4.90 Å². The number of carbonyl (C=O) groups excluding carboxylic acids is 2. The molecule has 0 bridgehead atoms. The van der Waals surface area contributed by atoms with Crippen molar-refractivity contribution in [3.63, 3.8) is 0 Å². The van der Waals surface area contributed by atoms with Crippen molar-refractivity contribution in [2.75, 3.05) is 18.0 Å². The predicted molar refractivity (Wildman–Crippen MR) is 170 cm³/mol. The number of nitrogens with zero attached hydrogens (tertiary/aromatic N) is 2. The SMILES string of the molecule is CCC(C(=O)NC1CCCCC1)N(Cc1ccc(OC)cc1)C(=O)CN(c1cccc(C)c1)S(=O)(=O)c1ccc(C)cc1. The number of amides is 2. The van der Waals surface area contributed by atoms with Gasteiger partial charge in [-0.25, -0.2) is 8.42 Å². The summed E-state index contributed by atoms with van der Waals surface area (Å²) in [5, 5.41) is 3.18. The summed E-state index contributed by atoms with van der Waals surface area (Å²) in [5.74, 6) is 0.0111. The van der Waals surface area contributed by atoms with Crippen LogP contribution in [0.3, 0.4) is 0 Å². The lowest BCUT2D eigenvalue weighted by Crippen LogP contribution is -2.54. The van der Waals surface area contributed by atoms with Gasteiger partial charge < -0.3 is 15.0 Å².